The smallest absolute Gasteiger partial charge is 0.486 e. The highest BCUT2D eigenvalue weighted by molar-refractivity contribution is 5.98. The van der Waals surface area contributed by atoms with Crippen molar-refractivity contribution >= 4 is 35.5 Å². The van der Waals surface area contributed by atoms with Crippen molar-refractivity contribution < 1.29 is 74.7 Å². The molecule has 0 saturated carbocycles. The molecule has 0 aromatic heterocycles. The number of alkyl halides is 6. The molecule has 0 radical (unpaired) electrons. The predicted octanol–water partition coefficient (Wildman–Crippen LogP) is 5.02. The van der Waals surface area contributed by atoms with E-state index in [0.717, 1.165) is 37.1 Å². The zero-order valence-electron chi connectivity index (χ0n) is 28.0. The lowest BCUT2D eigenvalue weighted by atomic mass is 10.1. The number of carboxylic acids is 2. The molecule has 292 valence electrons. The van der Waals surface area contributed by atoms with Crippen molar-refractivity contribution in [2.24, 2.45) is 5.73 Å². The maximum atomic E-state index is 12.5. The first-order valence-corrected chi connectivity index (χ1v) is 15.4. The molecule has 0 amide bonds. The number of nitrogens with zero attached hydrogens (tertiary/aromatic N) is 1. The summed E-state index contributed by atoms with van der Waals surface area (Å²) in [5.41, 5.74) is 7.99. The first kappa shape index (κ1) is 43.8. The summed E-state index contributed by atoms with van der Waals surface area (Å²) in [7, 11) is 0. The Labute approximate surface area is 303 Å². The number of hydrogen-bond donors (Lipinski definition) is 5. The highest BCUT2D eigenvalue weighted by Gasteiger charge is 2.38. The van der Waals surface area contributed by atoms with Gasteiger partial charge in [0.25, 0.3) is 0 Å². The molecule has 6 N–H and O–H groups in total. The number of likely N-dealkylation sites (tertiary alicyclic amines) is 1. The van der Waals surface area contributed by atoms with E-state index >= 15 is 0 Å². The normalized spacial score (nSPS) is 12.1. The molecule has 0 bridgehead atoms. The number of ether oxygens (including phenoxy) is 4. The first-order valence-electron chi connectivity index (χ1n) is 15.4. The number of nitrogens with one attached hydrogen (secondary N) is 2. The van der Waals surface area contributed by atoms with Crippen LogP contribution in [0.2, 0.25) is 0 Å². The Hall–Kier alpha value is -6.34. The van der Waals surface area contributed by atoms with Gasteiger partial charge in [-0.15, -0.1) is 0 Å². The van der Waals surface area contributed by atoms with Gasteiger partial charge in [0.15, 0.2) is 18.1 Å². The molecule has 1 aliphatic rings. The van der Waals surface area contributed by atoms with E-state index < -0.39 is 36.2 Å². The van der Waals surface area contributed by atoms with Gasteiger partial charge in [0.05, 0.1) is 5.56 Å². The zero-order valence-corrected chi connectivity index (χ0v) is 28.0. The van der Waals surface area contributed by atoms with Crippen LogP contribution in [0, 0.1) is 10.8 Å². The number of carbonyl (C=O) groups is 4. The molecular weight excluding hydrogens is 738 g/mol. The lowest BCUT2D eigenvalue weighted by molar-refractivity contribution is -0.193. The summed E-state index contributed by atoms with van der Waals surface area (Å²) in [4.78, 5) is 44.5. The summed E-state index contributed by atoms with van der Waals surface area (Å²) in [6.45, 7) is 1.49. The third-order valence-corrected chi connectivity index (χ3v) is 6.72. The maximum absolute atomic E-state index is 12.5. The SMILES string of the molecule is N=C(N)c1ccc(OCC(=O)OCc2ccccc2)c(OCCOC(=O)c2ccc(C(=N)N3CCCC3)cc2)c1.O=C(O)C(F)(F)F.O=C(O)C(F)(F)F. The van der Waals surface area contributed by atoms with Gasteiger partial charge in [-0.25, -0.2) is 19.2 Å². The van der Waals surface area contributed by atoms with E-state index in [1.807, 2.05) is 35.2 Å². The number of nitrogens with two attached hydrogens (primary N) is 1. The second-order valence-corrected chi connectivity index (χ2v) is 10.7. The number of carbonyl (C=O) groups excluding carboxylic acids is 2. The van der Waals surface area contributed by atoms with Gasteiger partial charge in [-0.05, 0) is 48.7 Å². The molecule has 4 rings (SSSR count). The summed E-state index contributed by atoms with van der Waals surface area (Å²) in [5.74, 6) is -5.79. The highest BCUT2D eigenvalue weighted by Crippen LogP contribution is 2.28. The van der Waals surface area contributed by atoms with Crippen molar-refractivity contribution in [1.29, 1.82) is 10.8 Å². The fourth-order valence-corrected chi connectivity index (χ4v) is 4.08. The number of halogens is 6. The second-order valence-electron chi connectivity index (χ2n) is 10.7. The van der Waals surface area contributed by atoms with Crippen LogP contribution >= 0.6 is 0 Å². The number of esters is 2. The number of amidine groups is 2. The fourth-order valence-electron chi connectivity index (χ4n) is 4.08. The lowest BCUT2D eigenvalue weighted by Crippen LogP contribution is -2.27. The van der Waals surface area contributed by atoms with Gasteiger partial charge in [-0.1, -0.05) is 42.5 Å². The maximum Gasteiger partial charge on any atom is 0.490 e. The minimum absolute atomic E-state index is 0.000396. The summed E-state index contributed by atoms with van der Waals surface area (Å²) in [6, 6.07) is 20.7. The van der Waals surface area contributed by atoms with Crippen LogP contribution in [-0.4, -0.2) is 95.9 Å². The molecule has 0 unspecified atom stereocenters. The van der Waals surface area contributed by atoms with Crippen LogP contribution in [0.1, 0.15) is 39.9 Å². The van der Waals surface area contributed by atoms with E-state index in [0.29, 0.717) is 17.0 Å². The van der Waals surface area contributed by atoms with Crippen molar-refractivity contribution in [3.05, 3.63) is 95.1 Å². The van der Waals surface area contributed by atoms with Gasteiger partial charge in [0.1, 0.15) is 31.5 Å². The Bertz CT molecular complexity index is 1720. The monoisotopic (exact) mass is 772 g/mol. The quantitative estimate of drug-likeness (QED) is 0.0539. The van der Waals surface area contributed by atoms with E-state index in [2.05, 4.69) is 0 Å². The van der Waals surface area contributed by atoms with E-state index in [-0.39, 0.29) is 43.8 Å². The average molecular weight is 773 g/mol. The lowest BCUT2D eigenvalue weighted by Gasteiger charge is -2.18. The molecule has 1 aliphatic heterocycles. The van der Waals surface area contributed by atoms with E-state index in [4.69, 9.17) is 55.3 Å². The van der Waals surface area contributed by atoms with Crippen molar-refractivity contribution in [2.75, 3.05) is 32.9 Å². The number of carboxylic acid groups (broad SMARTS) is 2. The Morgan fingerprint density at radius 3 is 1.74 bits per heavy atom. The van der Waals surface area contributed by atoms with Crippen LogP contribution in [0.5, 0.6) is 11.5 Å². The zero-order chi connectivity index (χ0) is 40.5. The Balaban J connectivity index is 0.000000610. The molecule has 14 nitrogen and oxygen atoms in total. The van der Waals surface area contributed by atoms with Crippen molar-refractivity contribution in [1.82, 2.24) is 4.90 Å². The van der Waals surface area contributed by atoms with E-state index in [9.17, 15) is 35.9 Å². The minimum atomic E-state index is -5.08. The van der Waals surface area contributed by atoms with Gasteiger partial charge in [0.2, 0.25) is 0 Å². The molecule has 0 spiro atoms. The fraction of sp³-hybridized carbons (Fsp3) is 0.294. The van der Waals surface area contributed by atoms with Gasteiger partial charge < -0.3 is 39.8 Å². The standard InChI is InChI=1S/C30H32N4O6.2C2HF3O2/c31-28(32)24-12-13-25(39-20-27(35)40-19-21-6-2-1-3-7-21)26(18-24)37-16-17-38-30(36)23-10-8-22(9-11-23)29(33)34-14-4-5-15-34;2*3-2(4,5)1(6)7/h1-3,6-13,18,33H,4-5,14-17,19-20H2,(H3,31,32);2*(H,6,7). The third kappa shape index (κ3) is 15.5. The Morgan fingerprint density at radius 2 is 1.22 bits per heavy atom. The Morgan fingerprint density at radius 1 is 0.704 bits per heavy atom. The number of nitrogen functional groups attached to an aromatic ring is 1. The number of hydrogen-bond acceptors (Lipinski definition) is 10. The number of aliphatic carboxylic acids is 2. The molecule has 3 aromatic carbocycles. The number of benzene rings is 3. The second kappa shape index (κ2) is 20.6. The van der Waals surface area contributed by atoms with Gasteiger partial charge >= 0.3 is 36.2 Å². The van der Waals surface area contributed by atoms with Crippen molar-refractivity contribution in [3.63, 3.8) is 0 Å². The molecule has 54 heavy (non-hydrogen) atoms. The van der Waals surface area contributed by atoms with Crippen molar-refractivity contribution in [3.8, 4) is 11.5 Å². The summed E-state index contributed by atoms with van der Waals surface area (Å²) >= 11 is 0. The molecule has 3 aromatic rings. The molecule has 1 fully saturated rings. The van der Waals surface area contributed by atoms with Crippen LogP contribution in [0.15, 0.2) is 72.8 Å². The van der Waals surface area contributed by atoms with Crippen LogP contribution in [0.25, 0.3) is 0 Å². The molecule has 0 aliphatic carbocycles. The molecular formula is C34H34F6N4O10. The Kier molecular flexibility index (Phi) is 16.7. The van der Waals surface area contributed by atoms with Gasteiger partial charge in [0, 0.05) is 24.2 Å². The van der Waals surface area contributed by atoms with Gasteiger partial charge in [-0.2, -0.15) is 26.3 Å². The van der Waals surface area contributed by atoms with E-state index in [1.165, 1.54) is 6.07 Å². The van der Waals surface area contributed by atoms with Crippen molar-refractivity contribution in [2.45, 2.75) is 31.8 Å². The van der Waals surface area contributed by atoms with Crippen LogP contribution in [0.3, 0.4) is 0 Å². The predicted molar refractivity (Wildman–Crippen MR) is 176 cm³/mol. The number of rotatable bonds is 12. The van der Waals surface area contributed by atoms with Gasteiger partial charge in [-0.3, -0.25) is 10.8 Å². The molecule has 1 saturated heterocycles. The molecule has 1 heterocycles. The molecule has 20 heteroatoms. The summed E-state index contributed by atoms with van der Waals surface area (Å²) in [6.07, 6.45) is -7.99. The van der Waals surface area contributed by atoms with Crippen LogP contribution < -0.4 is 15.2 Å². The average Bonchev–Trinajstić information content (AvgIpc) is 3.67. The largest absolute Gasteiger partial charge is 0.490 e. The topological polar surface area (TPSA) is 223 Å². The van der Waals surface area contributed by atoms with Crippen LogP contribution in [-0.2, 0) is 30.5 Å². The summed E-state index contributed by atoms with van der Waals surface area (Å²) < 4.78 is 85.4. The minimum Gasteiger partial charge on any atom is -0.486 e. The van der Waals surface area contributed by atoms with Crippen LogP contribution in [0.4, 0.5) is 26.3 Å². The first-order chi connectivity index (χ1) is 25.3. The third-order valence-electron chi connectivity index (χ3n) is 6.72. The summed E-state index contributed by atoms with van der Waals surface area (Å²) in [5, 5.41) is 30.3. The van der Waals surface area contributed by atoms with E-state index in [1.54, 1.807) is 36.4 Å². The highest BCUT2D eigenvalue weighted by atomic mass is 19.4. The molecule has 0 atom stereocenters.